The molecule has 0 N–H and O–H groups in total. The highest BCUT2D eigenvalue weighted by molar-refractivity contribution is 7.91. The van der Waals surface area contributed by atoms with Gasteiger partial charge in [0, 0.05) is 25.5 Å². The Morgan fingerprint density at radius 2 is 1.85 bits per heavy atom. The number of aryl methyl sites for hydroxylation is 2. The Hall–Kier alpha value is -2.42. The van der Waals surface area contributed by atoms with Gasteiger partial charge in [-0.25, -0.2) is 18.4 Å². The maximum atomic E-state index is 13.1. The van der Waals surface area contributed by atoms with E-state index < -0.39 is 15.9 Å². The number of sulfone groups is 1. The summed E-state index contributed by atoms with van der Waals surface area (Å²) >= 11 is 0. The van der Waals surface area contributed by atoms with Gasteiger partial charge in [0.05, 0.1) is 29.2 Å². The molecule has 26 heavy (non-hydrogen) atoms. The lowest BCUT2D eigenvalue weighted by molar-refractivity contribution is 0.0646. The number of piperazine rings is 1. The van der Waals surface area contributed by atoms with Crippen LogP contribution in [0.3, 0.4) is 0 Å². The standard InChI is InChI=1S/C17H20N4O4S/c1-11-8-13(12(2)25-11)16(22)20-6-7-21(17-18-4-3-5-19-17)15-10-26(23,24)9-14(15)20/h3-5,8,14-15H,6-7,9-10H2,1-2H3/t14-,15+/m0/s1. The van der Waals surface area contributed by atoms with Gasteiger partial charge in [-0.15, -0.1) is 0 Å². The molecule has 0 aromatic carbocycles. The van der Waals surface area contributed by atoms with Crippen LogP contribution >= 0.6 is 0 Å². The Labute approximate surface area is 151 Å². The fraction of sp³-hybridized carbons (Fsp3) is 0.471. The number of carbonyl (C=O) groups excluding carboxylic acids is 1. The second-order valence-electron chi connectivity index (χ2n) is 6.78. The van der Waals surface area contributed by atoms with Crippen LogP contribution in [0, 0.1) is 13.8 Å². The first kappa shape index (κ1) is 17.0. The minimum Gasteiger partial charge on any atom is -0.466 e. The van der Waals surface area contributed by atoms with Crippen LogP contribution in [0.25, 0.3) is 0 Å². The number of aromatic nitrogens is 2. The molecule has 4 heterocycles. The average Bonchev–Trinajstić information content (AvgIpc) is 3.11. The number of rotatable bonds is 2. The van der Waals surface area contributed by atoms with Gasteiger partial charge in [0.2, 0.25) is 5.95 Å². The lowest BCUT2D eigenvalue weighted by Crippen LogP contribution is -2.61. The minimum atomic E-state index is -3.24. The highest BCUT2D eigenvalue weighted by atomic mass is 32.2. The van der Waals surface area contributed by atoms with E-state index in [0.717, 1.165) is 0 Å². The molecule has 0 saturated carbocycles. The Bertz CT molecular complexity index is 941. The highest BCUT2D eigenvalue weighted by Crippen LogP contribution is 2.31. The molecular weight excluding hydrogens is 356 g/mol. The summed E-state index contributed by atoms with van der Waals surface area (Å²) < 4.78 is 30.1. The molecule has 2 atom stereocenters. The topological polar surface area (TPSA) is 96.6 Å². The number of furan rings is 1. The molecule has 138 valence electrons. The maximum Gasteiger partial charge on any atom is 0.257 e. The van der Waals surface area contributed by atoms with E-state index in [1.165, 1.54) is 0 Å². The van der Waals surface area contributed by atoms with E-state index in [4.69, 9.17) is 4.42 Å². The van der Waals surface area contributed by atoms with Crippen molar-refractivity contribution < 1.29 is 17.6 Å². The van der Waals surface area contributed by atoms with Crippen LogP contribution in [0.4, 0.5) is 5.95 Å². The van der Waals surface area contributed by atoms with Crippen LogP contribution in [0.1, 0.15) is 21.9 Å². The summed E-state index contributed by atoms with van der Waals surface area (Å²) in [6.45, 7) is 4.44. The fourth-order valence-electron chi connectivity index (χ4n) is 3.89. The van der Waals surface area contributed by atoms with Crippen molar-refractivity contribution in [3.8, 4) is 0 Å². The molecule has 0 radical (unpaired) electrons. The summed E-state index contributed by atoms with van der Waals surface area (Å²) in [5.41, 5.74) is 0.495. The van der Waals surface area contributed by atoms with E-state index in [1.54, 1.807) is 43.3 Å². The van der Waals surface area contributed by atoms with Crippen molar-refractivity contribution in [2.75, 3.05) is 29.5 Å². The highest BCUT2D eigenvalue weighted by Gasteiger charge is 2.49. The van der Waals surface area contributed by atoms with Crippen molar-refractivity contribution in [1.29, 1.82) is 0 Å². The first-order valence-electron chi connectivity index (χ1n) is 8.48. The van der Waals surface area contributed by atoms with Crippen LogP contribution in [0.15, 0.2) is 28.9 Å². The zero-order valence-corrected chi connectivity index (χ0v) is 15.4. The second kappa shape index (κ2) is 6.08. The van der Waals surface area contributed by atoms with Crippen LogP contribution in [0.5, 0.6) is 0 Å². The van der Waals surface area contributed by atoms with Crippen molar-refractivity contribution in [3.05, 3.63) is 41.6 Å². The first-order valence-corrected chi connectivity index (χ1v) is 10.3. The molecule has 0 spiro atoms. The van der Waals surface area contributed by atoms with Gasteiger partial charge in [-0.3, -0.25) is 4.79 Å². The van der Waals surface area contributed by atoms with Gasteiger partial charge in [-0.1, -0.05) is 0 Å². The van der Waals surface area contributed by atoms with Gasteiger partial charge in [0.15, 0.2) is 9.84 Å². The normalized spacial score (nSPS) is 24.5. The van der Waals surface area contributed by atoms with Crippen molar-refractivity contribution >= 4 is 21.7 Å². The van der Waals surface area contributed by atoms with Crippen LogP contribution in [-0.4, -0.2) is 65.9 Å². The summed E-state index contributed by atoms with van der Waals surface area (Å²) in [5.74, 6) is 1.50. The van der Waals surface area contributed by atoms with Gasteiger partial charge in [0.1, 0.15) is 11.5 Å². The molecule has 2 saturated heterocycles. The smallest absolute Gasteiger partial charge is 0.257 e. The number of nitrogens with zero attached hydrogens (tertiary/aromatic N) is 4. The average molecular weight is 376 g/mol. The van der Waals surface area contributed by atoms with E-state index >= 15 is 0 Å². The molecule has 0 unspecified atom stereocenters. The third-order valence-electron chi connectivity index (χ3n) is 5.02. The predicted octanol–water partition coefficient (Wildman–Crippen LogP) is 0.814. The van der Waals surface area contributed by atoms with Crippen molar-refractivity contribution in [1.82, 2.24) is 14.9 Å². The molecule has 2 aliphatic heterocycles. The van der Waals surface area contributed by atoms with Gasteiger partial charge in [-0.2, -0.15) is 0 Å². The minimum absolute atomic E-state index is 0.00307. The quantitative estimate of drug-likeness (QED) is 0.765. The zero-order valence-electron chi connectivity index (χ0n) is 14.6. The molecular formula is C17H20N4O4S. The Morgan fingerprint density at radius 3 is 2.50 bits per heavy atom. The van der Waals surface area contributed by atoms with Gasteiger partial charge in [-0.05, 0) is 26.0 Å². The van der Waals surface area contributed by atoms with Gasteiger partial charge >= 0.3 is 0 Å². The molecule has 2 fully saturated rings. The summed E-state index contributed by atoms with van der Waals surface area (Å²) in [5, 5.41) is 0. The number of fused-ring (bicyclic) bond motifs is 1. The molecule has 9 heteroatoms. The number of hydrogen-bond acceptors (Lipinski definition) is 7. The summed E-state index contributed by atoms with van der Waals surface area (Å²) in [6, 6.07) is 2.67. The summed E-state index contributed by atoms with van der Waals surface area (Å²) in [6.07, 6.45) is 3.27. The fourth-order valence-corrected chi connectivity index (χ4v) is 5.87. The molecule has 2 aromatic heterocycles. The molecule has 1 amide bonds. The van der Waals surface area contributed by atoms with E-state index in [0.29, 0.717) is 36.1 Å². The SMILES string of the molecule is Cc1cc(C(=O)N2CCN(c3ncccn3)[C@@H]3CS(=O)(=O)C[C@@H]32)c(C)o1. The molecule has 2 aliphatic rings. The molecule has 2 aromatic rings. The molecule has 8 nitrogen and oxygen atoms in total. The van der Waals surface area contributed by atoms with Crippen molar-refractivity contribution in [2.45, 2.75) is 25.9 Å². The van der Waals surface area contributed by atoms with E-state index in [-0.39, 0.29) is 23.5 Å². The van der Waals surface area contributed by atoms with Crippen molar-refractivity contribution in [3.63, 3.8) is 0 Å². The summed E-state index contributed by atoms with van der Waals surface area (Å²) in [7, 11) is -3.24. The first-order chi connectivity index (χ1) is 12.4. The van der Waals surface area contributed by atoms with E-state index in [1.807, 2.05) is 4.90 Å². The molecule has 0 bridgehead atoms. The van der Waals surface area contributed by atoms with Crippen LogP contribution in [0.2, 0.25) is 0 Å². The Balaban J connectivity index is 1.67. The summed E-state index contributed by atoms with van der Waals surface area (Å²) in [4.78, 5) is 25.1. The molecule has 0 aliphatic carbocycles. The van der Waals surface area contributed by atoms with Gasteiger partial charge in [0.25, 0.3) is 5.91 Å². The van der Waals surface area contributed by atoms with Crippen LogP contribution in [-0.2, 0) is 9.84 Å². The number of anilines is 1. The zero-order chi connectivity index (χ0) is 18.5. The number of carbonyl (C=O) groups is 1. The number of amides is 1. The maximum absolute atomic E-state index is 13.1. The third-order valence-corrected chi connectivity index (χ3v) is 6.72. The second-order valence-corrected chi connectivity index (χ2v) is 8.93. The third kappa shape index (κ3) is 2.86. The van der Waals surface area contributed by atoms with Gasteiger partial charge < -0.3 is 14.2 Å². The lowest BCUT2D eigenvalue weighted by Gasteiger charge is -2.43. The lowest BCUT2D eigenvalue weighted by atomic mass is 10.0. The Kier molecular flexibility index (Phi) is 3.98. The van der Waals surface area contributed by atoms with Crippen molar-refractivity contribution in [2.24, 2.45) is 0 Å². The Morgan fingerprint density at radius 1 is 1.15 bits per heavy atom. The predicted molar refractivity (Wildman–Crippen MR) is 94.8 cm³/mol. The largest absolute Gasteiger partial charge is 0.466 e. The molecule has 4 rings (SSSR count). The van der Waals surface area contributed by atoms with E-state index in [2.05, 4.69) is 9.97 Å². The van der Waals surface area contributed by atoms with Crippen LogP contribution < -0.4 is 4.90 Å². The monoisotopic (exact) mass is 376 g/mol. The van der Waals surface area contributed by atoms with E-state index in [9.17, 15) is 13.2 Å². The number of hydrogen-bond donors (Lipinski definition) is 0.